The molecule has 18 heteroatoms. The van der Waals surface area contributed by atoms with Crippen LogP contribution in [0.2, 0.25) is 0 Å². The Morgan fingerprint density at radius 3 is 1.24 bits per heavy atom. The summed E-state index contributed by atoms with van der Waals surface area (Å²) in [6.45, 7) is 5.94. The SMILES string of the molecule is C[C@@H]1Cc2cc(C(=O)O)ccc2[C@@H](c2ccc(OCCN3CC(CF)C3)cc2)N1CC(F)(F)F.C[C@H]1Cc2cc(C(=O)O)ccc2[C@H](c2ccc(OCCN3CC(CF)C3)cc2)N1CC(F)(F)F. The number of hydrogen-bond acceptors (Lipinski definition) is 8. The highest BCUT2D eigenvalue weighted by atomic mass is 19.4. The van der Waals surface area contributed by atoms with E-state index in [4.69, 9.17) is 9.47 Å². The third-order valence-corrected chi connectivity index (χ3v) is 13.2. The number of hydrogen-bond donors (Lipinski definition) is 2. The van der Waals surface area contributed by atoms with Gasteiger partial charge in [-0.25, -0.2) is 9.59 Å². The van der Waals surface area contributed by atoms with E-state index in [1.807, 2.05) is 0 Å². The van der Waals surface area contributed by atoms with Crippen LogP contribution in [0.15, 0.2) is 84.9 Å². The second-order valence-electron chi connectivity index (χ2n) is 18.3. The van der Waals surface area contributed by atoms with Crippen molar-refractivity contribution in [3.63, 3.8) is 0 Å². The minimum absolute atomic E-state index is 0.117. The molecule has 4 aliphatic heterocycles. The summed E-state index contributed by atoms with van der Waals surface area (Å²) in [5.74, 6) is -0.676. The van der Waals surface area contributed by atoms with Gasteiger partial charge in [-0.1, -0.05) is 36.4 Å². The number of halogens is 8. The van der Waals surface area contributed by atoms with Gasteiger partial charge in [-0.2, -0.15) is 26.3 Å². The van der Waals surface area contributed by atoms with E-state index < -0.39 is 61.5 Å². The van der Waals surface area contributed by atoms with E-state index in [1.165, 1.54) is 21.9 Å². The van der Waals surface area contributed by atoms with Gasteiger partial charge < -0.3 is 19.7 Å². The van der Waals surface area contributed by atoms with E-state index in [1.54, 1.807) is 86.6 Å². The summed E-state index contributed by atoms with van der Waals surface area (Å²) in [5.41, 5.74) is 4.47. The molecule has 68 heavy (non-hydrogen) atoms. The van der Waals surface area contributed by atoms with Crippen molar-refractivity contribution in [2.75, 3.05) is 78.9 Å². The molecule has 4 aliphatic rings. The van der Waals surface area contributed by atoms with Gasteiger partial charge in [0.25, 0.3) is 0 Å². The number of rotatable bonds is 16. The lowest BCUT2D eigenvalue weighted by molar-refractivity contribution is -0.156. The molecule has 0 amide bonds. The molecular weight excluding hydrogens is 905 g/mol. The van der Waals surface area contributed by atoms with E-state index in [9.17, 15) is 54.9 Å². The van der Waals surface area contributed by atoms with Crippen molar-refractivity contribution < 1.29 is 64.4 Å². The Kier molecular flexibility index (Phi) is 16.0. The minimum Gasteiger partial charge on any atom is -0.492 e. The highest BCUT2D eigenvalue weighted by Gasteiger charge is 2.42. The van der Waals surface area contributed by atoms with E-state index >= 15 is 0 Å². The van der Waals surface area contributed by atoms with Gasteiger partial charge in [0.05, 0.1) is 49.6 Å². The first-order chi connectivity index (χ1) is 32.3. The Morgan fingerprint density at radius 1 is 0.574 bits per heavy atom. The van der Waals surface area contributed by atoms with Crippen LogP contribution >= 0.6 is 0 Å². The summed E-state index contributed by atoms with van der Waals surface area (Å²) < 4.78 is 117. The molecule has 0 radical (unpaired) electrons. The summed E-state index contributed by atoms with van der Waals surface area (Å²) in [5, 5.41) is 18.7. The van der Waals surface area contributed by atoms with Gasteiger partial charge in [0.1, 0.15) is 24.7 Å². The minimum atomic E-state index is -4.37. The van der Waals surface area contributed by atoms with Crippen molar-refractivity contribution >= 4 is 11.9 Å². The van der Waals surface area contributed by atoms with Crippen LogP contribution in [0.1, 0.15) is 80.0 Å². The Morgan fingerprint density at radius 2 is 0.926 bits per heavy atom. The summed E-state index contributed by atoms with van der Waals surface area (Å²) in [4.78, 5) is 29.9. The van der Waals surface area contributed by atoms with Crippen LogP contribution in [-0.4, -0.2) is 145 Å². The average Bonchev–Trinajstić information content (AvgIpc) is 3.25. The van der Waals surface area contributed by atoms with Crippen LogP contribution in [0.5, 0.6) is 11.5 Å². The summed E-state index contributed by atoms with van der Waals surface area (Å²) in [7, 11) is 0. The number of fused-ring (bicyclic) bond motifs is 2. The van der Waals surface area contributed by atoms with Gasteiger partial charge in [-0.05, 0) is 109 Å². The monoisotopic (exact) mass is 960 g/mol. The van der Waals surface area contributed by atoms with E-state index in [2.05, 4.69) is 9.80 Å². The molecular formula is C50H56F8N4O6. The van der Waals surface area contributed by atoms with Gasteiger partial charge in [0.2, 0.25) is 0 Å². The predicted molar refractivity (Wildman–Crippen MR) is 238 cm³/mol. The lowest BCUT2D eigenvalue weighted by Gasteiger charge is -2.42. The number of carboxylic acid groups (broad SMARTS) is 2. The zero-order valence-electron chi connectivity index (χ0n) is 37.8. The Bertz CT molecular complexity index is 2180. The van der Waals surface area contributed by atoms with Crippen LogP contribution < -0.4 is 9.47 Å². The molecule has 0 bridgehead atoms. The molecule has 2 saturated heterocycles. The fraction of sp³-hybridized carbons (Fsp3) is 0.480. The first-order valence-electron chi connectivity index (χ1n) is 22.7. The normalized spacial score (nSPS) is 21.7. The summed E-state index contributed by atoms with van der Waals surface area (Å²) in [6, 6.07) is 21.1. The van der Waals surface area contributed by atoms with Crippen LogP contribution in [0, 0.1) is 11.8 Å². The largest absolute Gasteiger partial charge is 0.492 e. The first kappa shape index (κ1) is 50.6. The Labute approximate surface area is 390 Å². The van der Waals surface area contributed by atoms with Gasteiger partial charge in [0.15, 0.2) is 0 Å². The van der Waals surface area contributed by atoms with Crippen molar-refractivity contribution in [2.24, 2.45) is 11.8 Å². The molecule has 2 fully saturated rings. The third kappa shape index (κ3) is 12.7. The predicted octanol–water partition coefficient (Wildman–Crippen LogP) is 9.13. The number of likely N-dealkylation sites (tertiary alicyclic amines) is 2. The number of benzene rings is 4. The number of ether oxygens (including phenoxy) is 2. The molecule has 8 rings (SSSR count). The van der Waals surface area contributed by atoms with Gasteiger partial charge in [-0.3, -0.25) is 28.4 Å². The molecule has 4 atom stereocenters. The first-order valence-corrected chi connectivity index (χ1v) is 22.7. The lowest BCUT2D eigenvalue weighted by atomic mass is 9.84. The fourth-order valence-corrected chi connectivity index (χ4v) is 9.74. The quantitative estimate of drug-likeness (QED) is 0.106. The number of carboxylic acids is 2. The zero-order chi connectivity index (χ0) is 48.9. The average molecular weight is 961 g/mol. The van der Waals surface area contributed by atoms with Gasteiger partial charge in [-0.15, -0.1) is 0 Å². The second-order valence-corrected chi connectivity index (χ2v) is 18.3. The number of nitrogens with zero attached hydrogens (tertiary/aromatic N) is 4. The topological polar surface area (TPSA) is 106 Å². The smallest absolute Gasteiger partial charge is 0.401 e. The second kappa shape index (κ2) is 21.6. The standard InChI is InChI=1S/2C25H28F4N2O3/c2*1-16-10-20-11-19(24(32)33)4-7-22(20)23(31(16)15-25(27,28)29)18-2-5-21(6-3-18)34-9-8-30-13-17(12-26)14-30/h2*2-7,11,16-17,23H,8-10,12-15H2,1H3,(H,32,33)/t2*16-,23-/m10/s1. The molecule has 0 unspecified atom stereocenters. The highest BCUT2D eigenvalue weighted by Crippen LogP contribution is 2.42. The van der Waals surface area contributed by atoms with Gasteiger partial charge >= 0.3 is 24.3 Å². The lowest BCUT2D eigenvalue weighted by Crippen LogP contribution is -2.49. The van der Waals surface area contributed by atoms with Crippen LogP contribution in [0.3, 0.4) is 0 Å². The van der Waals surface area contributed by atoms with Crippen LogP contribution in [0.25, 0.3) is 0 Å². The van der Waals surface area contributed by atoms with E-state index in [-0.39, 0.29) is 36.3 Å². The summed E-state index contributed by atoms with van der Waals surface area (Å²) in [6.07, 6.45) is -8.06. The molecule has 0 saturated carbocycles. The van der Waals surface area contributed by atoms with Crippen molar-refractivity contribution in [3.8, 4) is 11.5 Å². The molecule has 0 aliphatic carbocycles. The zero-order valence-corrected chi connectivity index (χ0v) is 37.8. The number of aromatic carboxylic acids is 2. The van der Waals surface area contributed by atoms with Crippen molar-refractivity contribution in [3.05, 3.63) is 129 Å². The number of carbonyl (C=O) groups is 2. The van der Waals surface area contributed by atoms with Crippen molar-refractivity contribution in [2.45, 2.75) is 63.2 Å². The maximum absolute atomic E-state index is 13.4. The maximum Gasteiger partial charge on any atom is 0.401 e. The fourth-order valence-electron chi connectivity index (χ4n) is 9.74. The Balaban J connectivity index is 0.000000201. The Hall–Kier alpha value is -5.30. The van der Waals surface area contributed by atoms with Gasteiger partial charge in [0, 0.05) is 63.2 Å². The third-order valence-electron chi connectivity index (χ3n) is 13.2. The van der Waals surface area contributed by atoms with Crippen molar-refractivity contribution in [1.82, 2.24) is 19.6 Å². The maximum atomic E-state index is 13.4. The molecule has 368 valence electrons. The van der Waals surface area contributed by atoms with Crippen LogP contribution in [0.4, 0.5) is 35.1 Å². The molecule has 4 aromatic carbocycles. The molecule has 4 heterocycles. The molecule has 2 N–H and O–H groups in total. The summed E-state index contributed by atoms with van der Waals surface area (Å²) >= 11 is 0. The molecule has 0 aromatic heterocycles. The van der Waals surface area contributed by atoms with E-state index in [0.717, 1.165) is 37.3 Å². The highest BCUT2D eigenvalue weighted by molar-refractivity contribution is 5.88. The molecule has 0 spiro atoms. The molecule has 10 nitrogen and oxygen atoms in total. The number of alkyl halides is 8. The molecule has 4 aromatic rings. The van der Waals surface area contributed by atoms with E-state index in [0.29, 0.717) is 72.9 Å². The van der Waals surface area contributed by atoms with Crippen molar-refractivity contribution in [1.29, 1.82) is 0 Å². The van der Waals surface area contributed by atoms with Crippen LogP contribution in [-0.2, 0) is 12.8 Å².